The van der Waals surface area contributed by atoms with Gasteiger partial charge in [0, 0.05) is 62.5 Å². The van der Waals surface area contributed by atoms with Gasteiger partial charge in [-0.1, -0.05) is 24.3 Å². The maximum absolute atomic E-state index is 13.0. The van der Waals surface area contributed by atoms with E-state index in [1.165, 1.54) is 12.5 Å². The van der Waals surface area contributed by atoms with E-state index < -0.39 is 0 Å². The normalized spacial score (nSPS) is 16.2. The number of benzene rings is 3. The Balaban J connectivity index is 1.11. The number of methoxy groups -OCH3 is 1. The van der Waals surface area contributed by atoms with Crippen LogP contribution in [0.3, 0.4) is 0 Å². The number of amides is 2. The van der Waals surface area contributed by atoms with Gasteiger partial charge in [-0.25, -0.2) is 0 Å². The molecule has 2 aliphatic heterocycles. The molecule has 2 amide bonds. The number of fused-ring (bicyclic) bond motifs is 1. The molecule has 2 aliphatic rings. The molecule has 2 heterocycles. The molecule has 0 saturated carbocycles. The fourth-order valence-corrected chi connectivity index (χ4v) is 5.78. The second-order valence-electron chi connectivity index (χ2n) is 11.3. The monoisotopic (exact) mass is 616 g/mol. The van der Waals surface area contributed by atoms with Crippen LogP contribution in [-0.2, 0) is 27.4 Å². The maximum Gasteiger partial charge on any atom is 0.241 e. The van der Waals surface area contributed by atoms with Gasteiger partial charge in [0.2, 0.25) is 11.8 Å². The van der Waals surface area contributed by atoms with Crippen LogP contribution < -0.4 is 34.6 Å². The fourth-order valence-electron chi connectivity index (χ4n) is 5.78. The molecule has 1 atom stereocenters. The van der Waals surface area contributed by atoms with Gasteiger partial charge < -0.3 is 39.4 Å². The molecule has 240 valence electrons. The minimum Gasteiger partial charge on any atom is -0.496 e. The van der Waals surface area contributed by atoms with Crippen molar-refractivity contribution in [2.75, 3.05) is 69.5 Å². The molecule has 10 heteroatoms. The lowest BCUT2D eigenvalue weighted by molar-refractivity contribution is -0.120. The number of ether oxygens (including phenoxy) is 4. The molecular weight excluding hydrogens is 572 g/mol. The van der Waals surface area contributed by atoms with Crippen molar-refractivity contribution in [3.63, 3.8) is 0 Å². The molecule has 0 spiro atoms. The highest BCUT2D eigenvalue weighted by Crippen LogP contribution is 2.31. The van der Waals surface area contributed by atoms with Crippen molar-refractivity contribution in [2.45, 2.75) is 38.8 Å². The number of para-hydroxylation sites is 1. The molecule has 45 heavy (non-hydrogen) atoms. The number of aryl methyl sites for hydroxylation is 1. The molecule has 3 aromatic rings. The van der Waals surface area contributed by atoms with Gasteiger partial charge in [0.15, 0.2) is 0 Å². The lowest BCUT2D eigenvalue weighted by Gasteiger charge is -2.36. The van der Waals surface area contributed by atoms with Gasteiger partial charge in [-0.05, 0) is 54.8 Å². The number of hydrogen-bond donors (Lipinski definition) is 2. The van der Waals surface area contributed by atoms with Crippen LogP contribution in [0, 0.1) is 0 Å². The minimum atomic E-state index is -0.162. The summed E-state index contributed by atoms with van der Waals surface area (Å²) >= 11 is 0. The van der Waals surface area contributed by atoms with Gasteiger partial charge in [0.1, 0.15) is 23.9 Å². The van der Waals surface area contributed by atoms with E-state index in [2.05, 4.69) is 27.7 Å². The molecule has 1 fully saturated rings. The van der Waals surface area contributed by atoms with Gasteiger partial charge in [-0.2, -0.15) is 0 Å². The summed E-state index contributed by atoms with van der Waals surface area (Å²) in [7, 11) is 1.66. The topological polar surface area (TPSA) is 102 Å². The van der Waals surface area contributed by atoms with Crippen LogP contribution in [0.1, 0.15) is 30.9 Å². The van der Waals surface area contributed by atoms with E-state index in [-0.39, 0.29) is 24.4 Å². The molecule has 1 saturated heterocycles. The van der Waals surface area contributed by atoms with Crippen LogP contribution in [-0.4, -0.2) is 77.5 Å². The molecule has 0 radical (unpaired) electrons. The molecule has 5 rings (SSSR count). The van der Waals surface area contributed by atoms with Crippen molar-refractivity contribution in [1.82, 2.24) is 10.6 Å². The summed E-state index contributed by atoms with van der Waals surface area (Å²) in [6.45, 7) is 6.71. The zero-order chi connectivity index (χ0) is 31.4. The predicted molar refractivity (Wildman–Crippen MR) is 175 cm³/mol. The fraction of sp³-hybridized carbons (Fsp3) is 0.429. The van der Waals surface area contributed by atoms with E-state index in [1.54, 1.807) is 7.11 Å². The smallest absolute Gasteiger partial charge is 0.241 e. The standard InChI is InChI=1S/C35H44N4O6/c1-26(40)37-16-18-38-17-5-8-27-10-13-32(21-33(27)38)45-25-30-22-36-23-35(41)39(30)29-11-14-31(15-12-29)44-20-6-19-43-24-28-7-3-4-9-34(28)42-2/h3-4,7,9-15,21,30,36H,5-6,8,16-20,22-25H2,1-2H3,(H,37,40)/t30-/m1/s1. The van der Waals surface area contributed by atoms with E-state index in [1.807, 2.05) is 59.5 Å². The Hall–Kier alpha value is -4.28. The third-order valence-electron chi connectivity index (χ3n) is 8.03. The van der Waals surface area contributed by atoms with E-state index in [9.17, 15) is 9.59 Å². The highest BCUT2D eigenvalue weighted by molar-refractivity contribution is 5.96. The summed E-state index contributed by atoms with van der Waals surface area (Å²) in [5.41, 5.74) is 4.28. The highest BCUT2D eigenvalue weighted by Gasteiger charge is 2.30. The molecule has 0 unspecified atom stereocenters. The lowest BCUT2D eigenvalue weighted by Crippen LogP contribution is -2.57. The number of hydrogen-bond acceptors (Lipinski definition) is 8. The zero-order valence-electron chi connectivity index (χ0n) is 26.3. The molecule has 0 bridgehead atoms. The van der Waals surface area contributed by atoms with E-state index >= 15 is 0 Å². The predicted octanol–water partition coefficient (Wildman–Crippen LogP) is 3.95. The first-order valence-electron chi connectivity index (χ1n) is 15.7. The van der Waals surface area contributed by atoms with Crippen molar-refractivity contribution in [3.05, 3.63) is 77.9 Å². The van der Waals surface area contributed by atoms with Crippen LogP contribution in [0.25, 0.3) is 0 Å². The molecule has 10 nitrogen and oxygen atoms in total. The first kappa shape index (κ1) is 32.1. The summed E-state index contributed by atoms with van der Waals surface area (Å²) in [4.78, 5) is 28.5. The lowest BCUT2D eigenvalue weighted by atomic mass is 10.0. The van der Waals surface area contributed by atoms with E-state index in [4.69, 9.17) is 18.9 Å². The summed E-state index contributed by atoms with van der Waals surface area (Å²) in [5.74, 6) is 2.33. The molecule has 3 aromatic carbocycles. The van der Waals surface area contributed by atoms with Gasteiger partial charge in [-0.15, -0.1) is 0 Å². The molecule has 0 aliphatic carbocycles. The van der Waals surface area contributed by atoms with Crippen LogP contribution in [0.5, 0.6) is 17.2 Å². The third kappa shape index (κ3) is 8.89. The number of anilines is 2. The minimum absolute atomic E-state index is 0.00491. The highest BCUT2D eigenvalue weighted by atomic mass is 16.5. The van der Waals surface area contributed by atoms with Crippen molar-refractivity contribution >= 4 is 23.2 Å². The maximum atomic E-state index is 13.0. The Kier molecular flexibility index (Phi) is 11.5. The SMILES string of the molecule is COc1ccccc1COCCCOc1ccc(N2C(=O)CNC[C@@H]2COc2ccc3c(c2)N(CCNC(C)=O)CCC3)cc1. The summed E-state index contributed by atoms with van der Waals surface area (Å²) in [5, 5.41) is 6.11. The van der Waals surface area contributed by atoms with Crippen molar-refractivity contribution in [2.24, 2.45) is 0 Å². The van der Waals surface area contributed by atoms with Crippen LogP contribution >= 0.6 is 0 Å². The Labute approximate surface area is 265 Å². The average molecular weight is 617 g/mol. The first-order valence-corrected chi connectivity index (χ1v) is 15.7. The Morgan fingerprint density at radius 2 is 1.84 bits per heavy atom. The summed E-state index contributed by atoms with van der Waals surface area (Å²) < 4.78 is 23.4. The van der Waals surface area contributed by atoms with Gasteiger partial charge >= 0.3 is 0 Å². The quantitative estimate of drug-likeness (QED) is 0.248. The van der Waals surface area contributed by atoms with Crippen LogP contribution in [0.2, 0.25) is 0 Å². The number of piperazine rings is 1. The number of carbonyl (C=O) groups excluding carboxylic acids is 2. The van der Waals surface area contributed by atoms with Crippen molar-refractivity contribution in [3.8, 4) is 17.2 Å². The van der Waals surface area contributed by atoms with Crippen molar-refractivity contribution in [1.29, 1.82) is 0 Å². The number of nitrogens with one attached hydrogen (secondary N) is 2. The van der Waals surface area contributed by atoms with E-state index in [0.29, 0.717) is 39.5 Å². The third-order valence-corrected chi connectivity index (χ3v) is 8.03. The Morgan fingerprint density at radius 1 is 1.02 bits per heavy atom. The summed E-state index contributed by atoms with van der Waals surface area (Å²) in [6, 6.07) is 21.5. The second kappa shape index (κ2) is 16.2. The molecule has 2 N–H and O–H groups in total. The summed E-state index contributed by atoms with van der Waals surface area (Å²) in [6.07, 6.45) is 2.86. The number of carbonyl (C=O) groups is 2. The second-order valence-corrected chi connectivity index (χ2v) is 11.3. The van der Waals surface area contributed by atoms with Crippen LogP contribution in [0.4, 0.5) is 11.4 Å². The van der Waals surface area contributed by atoms with E-state index in [0.717, 1.165) is 66.5 Å². The number of nitrogens with zero attached hydrogens (tertiary/aromatic N) is 2. The Bertz CT molecular complexity index is 1420. The molecule has 0 aromatic heterocycles. The van der Waals surface area contributed by atoms with Crippen LogP contribution in [0.15, 0.2) is 66.7 Å². The van der Waals surface area contributed by atoms with Gasteiger partial charge in [0.25, 0.3) is 0 Å². The molecular formula is C35H44N4O6. The average Bonchev–Trinajstić information content (AvgIpc) is 3.06. The first-order chi connectivity index (χ1) is 22.0. The van der Waals surface area contributed by atoms with Gasteiger partial charge in [0.05, 0.1) is 39.5 Å². The van der Waals surface area contributed by atoms with Gasteiger partial charge in [-0.3, -0.25) is 9.59 Å². The zero-order valence-corrected chi connectivity index (χ0v) is 26.3. The largest absolute Gasteiger partial charge is 0.496 e. The Morgan fingerprint density at radius 3 is 2.67 bits per heavy atom. The van der Waals surface area contributed by atoms with Crippen molar-refractivity contribution < 1.29 is 28.5 Å². The number of rotatable bonds is 15.